The molecule has 0 heterocycles. The Hall–Kier alpha value is -3.07. The Kier molecular flexibility index (Phi) is 10.3. The molecule has 41 heavy (non-hydrogen) atoms. The van der Waals surface area contributed by atoms with E-state index >= 15 is 0 Å². The van der Waals surface area contributed by atoms with Crippen molar-refractivity contribution in [2.45, 2.75) is 69.5 Å². The molecule has 2 amide bonds. The van der Waals surface area contributed by atoms with Crippen LogP contribution in [0.3, 0.4) is 0 Å². The van der Waals surface area contributed by atoms with Gasteiger partial charge in [-0.15, -0.1) is 0 Å². The van der Waals surface area contributed by atoms with E-state index in [0.29, 0.717) is 21.3 Å². The van der Waals surface area contributed by atoms with E-state index in [0.717, 1.165) is 42.0 Å². The van der Waals surface area contributed by atoms with E-state index < -0.39 is 28.5 Å². The van der Waals surface area contributed by atoms with Gasteiger partial charge < -0.3 is 10.2 Å². The first kappa shape index (κ1) is 30.9. The van der Waals surface area contributed by atoms with Crippen LogP contribution < -0.4 is 9.62 Å². The molecule has 0 aromatic heterocycles. The minimum Gasteiger partial charge on any atom is -0.352 e. The second-order valence-electron chi connectivity index (χ2n) is 10.4. The molecule has 1 fully saturated rings. The highest BCUT2D eigenvalue weighted by Crippen LogP contribution is 2.31. The molecule has 3 aromatic carbocycles. The van der Waals surface area contributed by atoms with Gasteiger partial charge in [0.25, 0.3) is 10.0 Å². The van der Waals surface area contributed by atoms with Crippen LogP contribution >= 0.6 is 23.2 Å². The van der Waals surface area contributed by atoms with Crippen LogP contribution in [0, 0.1) is 6.92 Å². The van der Waals surface area contributed by atoms with Gasteiger partial charge in [0.15, 0.2) is 0 Å². The maximum absolute atomic E-state index is 14.1. The van der Waals surface area contributed by atoms with Crippen molar-refractivity contribution in [3.63, 3.8) is 0 Å². The quantitative estimate of drug-likeness (QED) is 0.287. The molecule has 3 aromatic rings. The second kappa shape index (κ2) is 13.7. The van der Waals surface area contributed by atoms with Gasteiger partial charge in [0.05, 0.1) is 10.6 Å². The molecule has 1 N–H and O–H groups in total. The number of benzene rings is 3. The topological polar surface area (TPSA) is 86.8 Å². The fourth-order valence-electron chi connectivity index (χ4n) is 5.04. The maximum Gasteiger partial charge on any atom is 0.264 e. The summed E-state index contributed by atoms with van der Waals surface area (Å²) in [5, 5.41) is 4.03. The molecule has 10 heteroatoms. The average molecular weight is 617 g/mol. The number of rotatable bonds is 10. The van der Waals surface area contributed by atoms with Gasteiger partial charge in [0, 0.05) is 22.6 Å². The summed E-state index contributed by atoms with van der Waals surface area (Å²) in [5.74, 6) is -0.791. The lowest BCUT2D eigenvalue weighted by atomic mass is 9.95. The molecule has 1 saturated carbocycles. The summed E-state index contributed by atoms with van der Waals surface area (Å²) in [5.41, 5.74) is 1.57. The molecule has 0 aliphatic heterocycles. The van der Waals surface area contributed by atoms with E-state index in [1.165, 1.54) is 17.0 Å². The Morgan fingerprint density at radius 2 is 1.59 bits per heavy atom. The second-order valence-corrected chi connectivity index (χ2v) is 13.1. The summed E-state index contributed by atoms with van der Waals surface area (Å²) in [6.07, 6.45) is 5.06. The molecule has 0 spiro atoms. The molecule has 0 unspecified atom stereocenters. The first-order valence-corrected chi connectivity index (χ1v) is 15.9. The van der Waals surface area contributed by atoms with Crippen molar-refractivity contribution in [3.05, 3.63) is 94.0 Å². The van der Waals surface area contributed by atoms with E-state index in [1.54, 1.807) is 74.5 Å². The predicted molar refractivity (Wildman–Crippen MR) is 164 cm³/mol. The van der Waals surface area contributed by atoms with Crippen LogP contribution in [0.25, 0.3) is 0 Å². The molecule has 0 bridgehead atoms. The zero-order chi connectivity index (χ0) is 29.6. The van der Waals surface area contributed by atoms with Crippen LogP contribution in [-0.4, -0.2) is 43.8 Å². The number of carbonyl (C=O) groups is 2. The minimum absolute atomic E-state index is 0.0412. The molecule has 1 aliphatic carbocycles. The molecule has 4 rings (SSSR count). The largest absolute Gasteiger partial charge is 0.352 e. The smallest absolute Gasteiger partial charge is 0.264 e. The Morgan fingerprint density at radius 1 is 0.927 bits per heavy atom. The molecule has 1 atom stereocenters. The molecular weight excluding hydrogens is 581 g/mol. The van der Waals surface area contributed by atoms with Gasteiger partial charge in [0.1, 0.15) is 12.6 Å². The van der Waals surface area contributed by atoms with E-state index in [2.05, 4.69) is 5.32 Å². The Bertz CT molecular complexity index is 1460. The van der Waals surface area contributed by atoms with Crippen LogP contribution in [0.2, 0.25) is 10.0 Å². The number of halogens is 2. The van der Waals surface area contributed by atoms with Gasteiger partial charge in [-0.05, 0) is 74.2 Å². The highest BCUT2D eigenvalue weighted by atomic mass is 35.5. The highest BCUT2D eigenvalue weighted by molar-refractivity contribution is 7.92. The summed E-state index contributed by atoms with van der Waals surface area (Å²) in [6.45, 7) is 2.96. The third kappa shape index (κ3) is 7.61. The SMILES string of the molecule is Cc1c(Cl)cccc1N(CC(=O)N(Cc1ccc(Cl)cc1)[C@H](C)C(=O)NC1CCCCC1)S(=O)(=O)c1ccccc1. The van der Waals surface area contributed by atoms with Gasteiger partial charge in [-0.2, -0.15) is 0 Å². The lowest BCUT2D eigenvalue weighted by Crippen LogP contribution is -2.53. The Labute approximate surface area is 252 Å². The summed E-state index contributed by atoms with van der Waals surface area (Å²) in [7, 11) is -4.16. The van der Waals surface area contributed by atoms with Crippen LogP contribution in [-0.2, 0) is 26.2 Å². The van der Waals surface area contributed by atoms with Gasteiger partial charge >= 0.3 is 0 Å². The summed E-state index contributed by atoms with van der Waals surface area (Å²) < 4.78 is 28.9. The summed E-state index contributed by atoms with van der Waals surface area (Å²) >= 11 is 12.5. The number of hydrogen-bond donors (Lipinski definition) is 1. The van der Waals surface area contributed by atoms with Gasteiger partial charge in [-0.1, -0.05) is 78.9 Å². The van der Waals surface area contributed by atoms with Gasteiger partial charge in [-0.25, -0.2) is 8.42 Å². The molecule has 218 valence electrons. The maximum atomic E-state index is 14.1. The minimum atomic E-state index is -4.16. The van der Waals surface area contributed by atoms with Crippen LogP contribution in [0.4, 0.5) is 5.69 Å². The van der Waals surface area contributed by atoms with Crippen LogP contribution in [0.1, 0.15) is 50.2 Å². The highest BCUT2D eigenvalue weighted by Gasteiger charge is 2.34. The Morgan fingerprint density at radius 3 is 2.24 bits per heavy atom. The zero-order valence-corrected chi connectivity index (χ0v) is 25.6. The fourth-order valence-corrected chi connectivity index (χ4v) is 6.83. The molecule has 0 radical (unpaired) electrons. The number of nitrogens with zero attached hydrogens (tertiary/aromatic N) is 2. The molecule has 1 aliphatic rings. The van der Waals surface area contributed by atoms with E-state index in [1.807, 2.05) is 0 Å². The third-order valence-electron chi connectivity index (χ3n) is 7.50. The average Bonchev–Trinajstić information content (AvgIpc) is 2.97. The van der Waals surface area contributed by atoms with Gasteiger partial charge in [-0.3, -0.25) is 13.9 Å². The summed E-state index contributed by atoms with van der Waals surface area (Å²) in [4.78, 5) is 29.0. The first-order valence-electron chi connectivity index (χ1n) is 13.7. The van der Waals surface area contributed by atoms with Crippen molar-refractivity contribution in [2.75, 3.05) is 10.8 Å². The van der Waals surface area contributed by atoms with Gasteiger partial charge in [0.2, 0.25) is 11.8 Å². The van der Waals surface area contributed by atoms with E-state index in [-0.39, 0.29) is 23.4 Å². The van der Waals surface area contributed by atoms with Crippen molar-refractivity contribution >= 4 is 50.7 Å². The lowest BCUT2D eigenvalue weighted by Gasteiger charge is -2.33. The number of nitrogens with one attached hydrogen (secondary N) is 1. The number of hydrogen-bond acceptors (Lipinski definition) is 4. The zero-order valence-electron chi connectivity index (χ0n) is 23.2. The Balaban J connectivity index is 1.69. The molecule has 0 saturated heterocycles. The third-order valence-corrected chi connectivity index (χ3v) is 9.94. The summed E-state index contributed by atoms with van der Waals surface area (Å²) in [6, 6.07) is 19.1. The molecule has 7 nitrogen and oxygen atoms in total. The normalized spacial score (nSPS) is 14.7. The number of carbonyl (C=O) groups excluding carboxylic acids is 2. The number of sulfonamides is 1. The first-order chi connectivity index (χ1) is 19.6. The standard InChI is InChI=1S/C31H35Cl2N3O4S/c1-22-28(33)14-9-15-29(22)36(41(39,40)27-12-7-4-8-13-27)21-30(37)35(20-24-16-18-25(32)19-17-24)23(2)31(38)34-26-10-5-3-6-11-26/h4,7-9,12-19,23,26H,3,5-6,10-11,20-21H2,1-2H3,(H,34,38)/t23-/m1/s1. The van der Waals surface area contributed by atoms with Crippen LogP contribution in [0.5, 0.6) is 0 Å². The van der Waals surface area contributed by atoms with E-state index in [4.69, 9.17) is 23.2 Å². The monoisotopic (exact) mass is 615 g/mol. The fraction of sp³-hybridized carbons (Fsp3) is 0.355. The van der Waals surface area contributed by atoms with Crippen molar-refractivity contribution in [1.29, 1.82) is 0 Å². The predicted octanol–water partition coefficient (Wildman–Crippen LogP) is 6.36. The number of anilines is 1. The van der Waals surface area contributed by atoms with Crippen LogP contribution in [0.15, 0.2) is 77.7 Å². The molecular formula is C31H35Cl2N3O4S. The number of amides is 2. The lowest BCUT2D eigenvalue weighted by molar-refractivity contribution is -0.139. The van der Waals surface area contributed by atoms with E-state index in [9.17, 15) is 18.0 Å². The van der Waals surface area contributed by atoms with Crippen molar-refractivity contribution in [2.24, 2.45) is 0 Å². The van der Waals surface area contributed by atoms with Crippen molar-refractivity contribution < 1.29 is 18.0 Å². The van der Waals surface area contributed by atoms with Crippen molar-refractivity contribution in [1.82, 2.24) is 10.2 Å². The van der Waals surface area contributed by atoms with Crippen molar-refractivity contribution in [3.8, 4) is 0 Å².